The van der Waals surface area contributed by atoms with E-state index in [9.17, 15) is 12.8 Å². The summed E-state index contributed by atoms with van der Waals surface area (Å²) in [5.41, 5.74) is 6.49. The number of fused-ring (bicyclic) bond motifs is 1. The normalized spacial score (nSPS) is 11.9. The van der Waals surface area contributed by atoms with Crippen molar-refractivity contribution in [3.8, 4) is 11.3 Å². The molecule has 0 radical (unpaired) electrons. The standard InChI is InChI=1S/C16H17FN4O3S/c1-25(22,23)5-4-19-8-10-2-3-15(24-10)11-6-12-14(7-13(11)17)20-9-21-16(12)18/h2-3,6-7,9,19H,4-5,8H2,1H3,(H2,18,20,21). The zero-order chi connectivity index (χ0) is 18.0. The first-order valence-electron chi connectivity index (χ1n) is 7.51. The number of rotatable bonds is 6. The van der Waals surface area contributed by atoms with Crippen LogP contribution in [0, 0.1) is 5.82 Å². The van der Waals surface area contributed by atoms with E-state index >= 15 is 0 Å². The van der Waals surface area contributed by atoms with Gasteiger partial charge in [0.1, 0.15) is 39.3 Å². The van der Waals surface area contributed by atoms with E-state index < -0.39 is 15.7 Å². The molecule has 2 heterocycles. The molecule has 3 N–H and O–H groups in total. The SMILES string of the molecule is CS(=O)(=O)CCNCc1ccc(-c2cc3c(N)ncnc3cc2F)o1. The summed E-state index contributed by atoms with van der Waals surface area (Å²) in [6.45, 7) is 0.656. The molecule has 0 saturated heterocycles. The van der Waals surface area contributed by atoms with Crippen LogP contribution in [0.5, 0.6) is 0 Å². The lowest BCUT2D eigenvalue weighted by Gasteiger charge is -2.05. The van der Waals surface area contributed by atoms with Crippen molar-refractivity contribution in [2.45, 2.75) is 6.54 Å². The quantitative estimate of drug-likeness (QED) is 0.641. The van der Waals surface area contributed by atoms with E-state index in [1.54, 1.807) is 18.2 Å². The Bertz CT molecular complexity index is 1020. The van der Waals surface area contributed by atoms with Crippen LogP contribution in [0.25, 0.3) is 22.2 Å². The number of halogens is 1. The smallest absolute Gasteiger partial charge is 0.148 e. The number of nitrogens with two attached hydrogens (primary N) is 1. The van der Waals surface area contributed by atoms with Crippen molar-refractivity contribution in [2.24, 2.45) is 0 Å². The van der Waals surface area contributed by atoms with Crippen molar-refractivity contribution in [3.05, 3.63) is 42.2 Å². The molecule has 0 aliphatic heterocycles. The Labute approximate surface area is 144 Å². The maximum Gasteiger partial charge on any atom is 0.148 e. The highest BCUT2D eigenvalue weighted by Crippen LogP contribution is 2.30. The largest absolute Gasteiger partial charge is 0.460 e. The number of nitrogens with zero attached hydrogens (tertiary/aromatic N) is 2. The summed E-state index contributed by atoms with van der Waals surface area (Å²) in [4.78, 5) is 7.89. The van der Waals surface area contributed by atoms with E-state index in [1.165, 1.54) is 18.6 Å². The summed E-state index contributed by atoms with van der Waals surface area (Å²) in [6.07, 6.45) is 2.46. The fourth-order valence-corrected chi connectivity index (χ4v) is 2.89. The monoisotopic (exact) mass is 364 g/mol. The number of furan rings is 1. The maximum absolute atomic E-state index is 14.3. The van der Waals surface area contributed by atoms with Gasteiger partial charge in [0.15, 0.2) is 0 Å². The van der Waals surface area contributed by atoms with Gasteiger partial charge < -0.3 is 15.5 Å². The Balaban J connectivity index is 1.79. The summed E-state index contributed by atoms with van der Waals surface area (Å²) >= 11 is 0. The van der Waals surface area contributed by atoms with Gasteiger partial charge >= 0.3 is 0 Å². The van der Waals surface area contributed by atoms with Crippen LogP contribution in [-0.2, 0) is 16.4 Å². The number of benzene rings is 1. The second-order valence-corrected chi connectivity index (χ2v) is 7.94. The van der Waals surface area contributed by atoms with Gasteiger partial charge in [-0.05, 0) is 18.2 Å². The second-order valence-electron chi connectivity index (χ2n) is 5.68. The van der Waals surface area contributed by atoms with Crippen molar-refractivity contribution in [3.63, 3.8) is 0 Å². The summed E-state index contributed by atoms with van der Waals surface area (Å²) < 4.78 is 42.1. The van der Waals surface area contributed by atoms with Crippen LogP contribution in [0.1, 0.15) is 5.76 Å². The molecule has 0 fully saturated rings. The predicted molar refractivity (Wildman–Crippen MR) is 93.0 cm³/mol. The second kappa shape index (κ2) is 6.77. The van der Waals surface area contributed by atoms with Crippen molar-refractivity contribution in [1.82, 2.24) is 15.3 Å². The van der Waals surface area contributed by atoms with Crippen molar-refractivity contribution >= 4 is 26.6 Å². The molecule has 25 heavy (non-hydrogen) atoms. The number of hydrogen-bond donors (Lipinski definition) is 2. The van der Waals surface area contributed by atoms with Gasteiger partial charge in [0.05, 0.1) is 23.4 Å². The van der Waals surface area contributed by atoms with E-state index in [0.717, 1.165) is 0 Å². The lowest BCUT2D eigenvalue weighted by molar-refractivity contribution is 0.494. The lowest BCUT2D eigenvalue weighted by Crippen LogP contribution is -2.21. The Hall–Kier alpha value is -2.52. The van der Waals surface area contributed by atoms with Crippen LogP contribution in [0.4, 0.5) is 10.2 Å². The van der Waals surface area contributed by atoms with Crippen LogP contribution >= 0.6 is 0 Å². The highest BCUT2D eigenvalue weighted by molar-refractivity contribution is 7.90. The molecule has 2 aromatic heterocycles. The fraction of sp³-hybridized carbons (Fsp3) is 0.250. The average molecular weight is 364 g/mol. The molecule has 0 atom stereocenters. The van der Waals surface area contributed by atoms with Crippen LogP contribution < -0.4 is 11.1 Å². The molecular formula is C16H17FN4O3S. The predicted octanol–water partition coefficient (Wildman–Crippen LogP) is 1.75. The zero-order valence-electron chi connectivity index (χ0n) is 13.5. The van der Waals surface area contributed by atoms with Crippen LogP contribution in [-0.4, -0.2) is 36.9 Å². The fourth-order valence-electron chi connectivity index (χ4n) is 2.37. The van der Waals surface area contributed by atoms with Gasteiger partial charge in [-0.3, -0.25) is 0 Å². The Morgan fingerprint density at radius 2 is 2.08 bits per heavy atom. The molecule has 3 aromatic rings. The Morgan fingerprint density at radius 3 is 2.84 bits per heavy atom. The number of nitrogens with one attached hydrogen (secondary N) is 1. The van der Waals surface area contributed by atoms with E-state index in [2.05, 4.69) is 15.3 Å². The van der Waals surface area contributed by atoms with Crippen molar-refractivity contribution in [1.29, 1.82) is 0 Å². The van der Waals surface area contributed by atoms with Crippen LogP contribution in [0.2, 0.25) is 0 Å². The summed E-state index contributed by atoms with van der Waals surface area (Å²) in [5.74, 6) is 0.749. The highest BCUT2D eigenvalue weighted by Gasteiger charge is 2.13. The van der Waals surface area contributed by atoms with Gasteiger partial charge in [-0.15, -0.1) is 0 Å². The molecule has 132 valence electrons. The van der Waals surface area contributed by atoms with E-state index in [1.807, 2.05) is 0 Å². The number of hydrogen-bond acceptors (Lipinski definition) is 7. The van der Waals surface area contributed by atoms with Gasteiger partial charge in [-0.1, -0.05) is 0 Å². The molecule has 0 saturated carbocycles. The molecular weight excluding hydrogens is 347 g/mol. The molecule has 0 aliphatic rings. The van der Waals surface area contributed by atoms with Crippen molar-refractivity contribution in [2.75, 3.05) is 24.3 Å². The lowest BCUT2D eigenvalue weighted by atomic mass is 10.1. The summed E-state index contributed by atoms with van der Waals surface area (Å²) in [7, 11) is -3.01. The Kier molecular flexibility index (Phi) is 4.69. The molecule has 1 aromatic carbocycles. The number of sulfone groups is 1. The number of anilines is 1. The highest BCUT2D eigenvalue weighted by atomic mass is 32.2. The van der Waals surface area contributed by atoms with E-state index in [4.69, 9.17) is 10.2 Å². The van der Waals surface area contributed by atoms with Gasteiger partial charge in [0.25, 0.3) is 0 Å². The third kappa shape index (κ3) is 4.12. The molecule has 0 unspecified atom stereocenters. The third-order valence-corrected chi connectivity index (χ3v) is 4.58. The topological polar surface area (TPSA) is 111 Å². The van der Waals surface area contributed by atoms with Gasteiger partial charge in [-0.2, -0.15) is 0 Å². The first kappa shape index (κ1) is 17.3. The molecule has 0 bridgehead atoms. The molecule has 0 amide bonds. The minimum Gasteiger partial charge on any atom is -0.460 e. The minimum atomic E-state index is -3.01. The number of nitrogen functional groups attached to an aromatic ring is 1. The number of aromatic nitrogens is 2. The molecule has 9 heteroatoms. The third-order valence-electron chi connectivity index (χ3n) is 3.63. The van der Waals surface area contributed by atoms with E-state index in [0.29, 0.717) is 35.5 Å². The molecule has 7 nitrogen and oxygen atoms in total. The first-order chi connectivity index (χ1) is 11.8. The maximum atomic E-state index is 14.3. The Morgan fingerprint density at radius 1 is 1.28 bits per heavy atom. The molecule has 3 rings (SSSR count). The van der Waals surface area contributed by atoms with Crippen LogP contribution in [0.15, 0.2) is 35.0 Å². The van der Waals surface area contributed by atoms with Crippen LogP contribution in [0.3, 0.4) is 0 Å². The first-order valence-corrected chi connectivity index (χ1v) is 9.57. The average Bonchev–Trinajstić information content (AvgIpc) is 2.99. The molecule has 0 aliphatic carbocycles. The minimum absolute atomic E-state index is 0.0408. The summed E-state index contributed by atoms with van der Waals surface area (Å²) in [5, 5.41) is 3.51. The van der Waals surface area contributed by atoms with Crippen molar-refractivity contribution < 1.29 is 17.2 Å². The van der Waals surface area contributed by atoms with Gasteiger partial charge in [0, 0.05) is 24.3 Å². The van der Waals surface area contributed by atoms with Gasteiger partial charge in [-0.25, -0.2) is 22.8 Å². The summed E-state index contributed by atoms with van der Waals surface area (Å²) in [6, 6.07) is 6.20. The van der Waals surface area contributed by atoms with Gasteiger partial charge in [0.2, 0.25) is 0 Å². The van der Waals surface area contributed by atoms with E-state index in [-0.39, 0.29) is 17.1 Å². The zero-order valence-corrected chi connectivity index (χ0v) is 14.3. The molecule has 0 spiro atoms.